The molecule has 102 valence electrons. The van der Waals surface area contributed by atoms with Crippen molar-refractivity contribution >= 4 is 11.7 Å². The largest absolute Gasteiger partial charge is 0.339 e. The zero-order valence-corrected chi connectivity index (χ0v) is 11.5. The number of rotatable bonds is 4. The molecule has 0 N–H and O–H groups in total. The first-order valence-electron chi connectivity index (χ1n) is 7.56. The van der Waals surface area contributed by atoms with Crippen molar-refractivity contribution in [2.45, 2.75) is 70.8 Å². The van der Waals surface area contributed by atoms with Crippen molar-refractivity contribution in [3.8, 4) is 0 Å². The molecule has 0 bridgehead atoms. The number of unbranched alkanes of at least 4 members (excludes halogenated alkanes) is 1. The van der Waals surface area contributed by atoms with Crippen molar-refractivity contribution in [2.24, 2.45) is 5.92 Å². The summed E-state index contributed by atoms with van der Waals surface area (Å²) in [6, 6.07) is 0.220. The molecule has 1 aliphatic carbocycles. The Labute approximate surface area is 110 Å². The summed E-state index contributed by atoms with van der Waals surface area (Å²) in [7, 11) is 0. The van der Waals surface area contributed by atoms with Crippen LogP contribution in [0.4, 0.5) is 0 Å². The Hall–Kier alpha value is -0.860. The van der Waals surface area contributed by atoms with Crippen molar-refractivity contribution < 1.29 is 9.59 Å². The van der Waals surface area contributed by atoms with Crippen LogP contribution < -0.4 is 0 Å². The van der Waals surface area contributed by atoms with Gasteiger partial charge in [0.1, 0.15) is 5.78 Å². The maximum absolute atomic E-state index is 12.2. The number of carbonyl (C=O) groups excluding carboxylic acids is 2. The second-order valence-corrected chi connectivity index (χ2v) is 5.72. The fourth-order valence-corrected chi connectivity index (χ4v) is 3.41. The molecule has 3 heteroatoms. The van der Waals surface area contributed by atoms with Gasteiger partial charge in [0.05, 0.1) is 0 Å². The Bertz CT molecular complexity index is 314. The van der Waals surface area contributed by atoms with Gasteiger partial charge >= 0.3 is 0 Å². The lowest BCUT2D eigenvalue weighted by Gasteiger charge is -2.39. The fourth-order valence-electron chi connectivity index (χ4n) is 3.41. The number of hydrogen-bond donors (Lipinski definition) is 0. The normalized spacial score (nSPS) is 28.7. The summed E-state index contributed by atoms with van der Waals surface area (Å²) >= 11 is 0. The van der Waals surface area contributed by atoms with E-state index >= 15 is 0 Å². The van der Waals surface area contributed by atoms with Crippen LogP contribution in [0.15, 0.2) is 0 Å². The molecule has 2 atom stereocenters. The second kappa shape index (κ2) is 6.35. The molecular formula is C15H25NO2. The predicted molar refractivity (Wildman–Crippen MR) is 71.2 cm³/mol. The molecule has 2 unspecified atom stereocenters. The molecule has 2 rings (SSSR count). The van der Waals surface area contributed by atoms with Crippen LogP contribution in [0.3, 0.4) is 0 Å². The van der Waals surface area contributed by atoms with Gasteiger partial charge in [0.2, 0.25) is 5.91 Å². The van der Waals surface area contributed by atoms with Crippen LogP contribution in [-0.4, -0.2) is 29.2 Å². The highest BCUT2D eigenvalue weighted by molar-refractivity contribution is 5.85. The number of piperidine rings is 1. The van der Waals surface area contributed by atoms with Crippen LogP contribution in [0.5, 0.6) is 0 Å². The number of ketones is 1. The van der Waals surface area contributed by atoms with Crippen LogP contribution in [0.2, 0.25) is 0 Å². The Morgan fingerprint density at radius 3 is 2.78 bits per heavy atom. The Morgan fingerprint density at radius 1 is 1.28 bits per heavy atom. The molecule has 0 aromatic rings. The van der Waals surface area contributed by atoms with E-state index in [-0.39, 0.29) is 17.9 Å². The predicted octanol–water partition coefficient (Wildman–Crippen LogP) is 2.93. The number of carbonyl (C=O) groups is 2. The molecule has 2 fully saturated rings. The zero-order valence-electron chi connectivity index (χ0n) is 11.5. The maximum atomic E-state index is 12.2. The topological polar surface area (TPSA) is 37.4 Å². The Balaban J connectivity index is 2.01. The monoisotopic (exact) mass is 251 g/mol. The van der Waals surface area contributed by atoms with Gasteiger partial charge in [-0.15, -0.1) is 0 Å². The fraction of sp³-hybridized carbons (Fsp3) is 0.867. The first-order chi connectivity index (χ1) is 8.74. The smallest absolute Gasteiger partial charge is 0.222 e. The number of hydrogen-bond acceptors (Lipinski definition) is 2. The summed E-state index contributed by atoms with van der Waals surface area (Å²) in [5.41, 5.74) is 0. The third-order valence-electron chi connectivity index (χ3n) is 4.43. The lowest BCUT2D eigenvalue weighted by Crippen LogP contribution is -2.48. The first kappa shape index (κ1) is 13.6. The summed E-state index contributed by atoms with van der Waals surface area (Å²) in [5.74, 6) is 0.826. The Morgan fingerprint density at radius 2 is 2.11 bits per heavy atom. The van der Waals surface area contributed by atoms with E-state index in [0.717, 1.165) is 51.5 Å². The average molecular weight is 251 g/mol. The van der Waals surface area contributed by atoms with Crippen LogP contribution in [0.25, 0.3) is 0 Å². The molecule has 0 radical (unpaired) electrons. The van der Waals surface area contributed by atoms with Crippen molar-refractivity contribution in [3.05, 3.63) is 0 Å². The summed E-state index contributed by atoms with van der Waals surface area (Å²) in [6.07, 6.45) is 8.77. The van der Waals surface area contributed by atoms with Crippen LogP contribution in [0, 0.1) is 5.92 Å². The molecule has 3 nitrogen and oxygen atoms in total. The van der Waals surface area contributed by atoms with Gasteiger partial charge in [0.15, 0.2) is 0 Å². The van der Waals surface area contributed by atoms with Gasteiger partial charge in [0, 0.05) is 31.3 Å². The highest BCUT2D eigenvalue weighted by atomic mass is 16.2. The lowest BCUT2D eigenvalue weighted by atomic mass is 9.88. The van der Waals surface area contributed by atoms with E-state index in [2.05, 4.69) is 6.92 Å². The number of nitrogens with zero attached hydrogens (tertiary/aromatic N) is 1. The number of likely N-dealkylation sites (tertiary alicyclic amines) is 1. The molecule has 0 spiro atoms. The first-order valence-corrected chi connectivity index (χ1v) is 7.56. The lowest BCUT2D eigenvalue weighted by molar-refractivity contribution is -0.138. The zero-order chi connectivity index (χ0) is 13.0. The van der Waals surface area contributed by atoms with Gasteiger partial charge in [0.25, 0.3) is 0 Å². The highest BCUT2D eigenvalue weighted by Gasteiger charge is 2.38. The summed E-state index contributed by atoms with van der Waals surface area (Å²) in [6.45, 7) is 2.98. The van der Waals surface area contributed by atoms with Crippen molar-refractivity contribution in [1.82, 2.24) is 4.90 Å². The van der Waals surface area contributed by atoms with Gasteiger partial charge in [-0.05, 0) is 38.5 Å². The molecule has 2 aliphatic rings. The van der Waals surface area contributed by atoms with Gasteiger partial charge in [-0.3, -0.25) is 9.59 Å². The van der Waals surface area contributed by atoms with E-state index in [1.807, 2.05) is 4.90 Å². The maximum Gasteiger partial charge on any atom is 0.222 e. The van der Waals surface area contributed by atoms with Gasteiger partial charge < -0.3 is 4.90 Å². The van der Waals surface area contributed by atoms with Crippen LogP contribution in [-0.2, 0) is 9.59 Å². The molecule has 1 saturated heterocycles. The van der Waals surface area contributed by atoms with E-state index in [4.69, 9.17) is 0 Å². The quantitative estimate of drug-likeness (QED) is 0.770. The molecular weight excluding hydrogens is 226 g/mol. The van der Waals surface area contributed by atoms with E-state index in [0.29, 0.717) is 12.2 Å². The van der Waals surface area contributed by atoms with Gasteiger partial charge in [-0.25, -0.2) is 0 Å². The van der Waals surface area contributed by atoms with Gasteiger partial charge in [-0.2, -0.15) is 0 Å². The van der Waals surface area contributed by atoms with Crippen molar-refractivity contribution in [1.29, 1.82) is 0 Å². The van der Waals surface area contributed by atoms with Crippen LogP contribution in [0.1, 0.15) is 64.7 Å². The van der Waals surface area contributed by atoms with E-state index < -0.39 is 0 Å². The number of amides is 1. The van der Waals surface area contributed by atoms with E-state index in [1.54, 1.807) is 0 Å². The summed E-state index contributed by atoms with van der Waals surface area (Å²) in [4.78, 5) is 26.2. The van der Waals surface area contributed by atoms with Gasteiger partial charge in [-0.1, -0.05) is 13.3 Å². The van der Waals surface area contributed by atoms with Crippen molar-refractivity contribution in [2.75, 3.05) is 6.54 Å². The third-order valence-corrected chi connectivity index (χ3v) is 4.43. The minimum absolute atomic E-state index is 0.149. The van der Waals surface area contributed by atoms with E-state index in [1.165, 1.54) is 6.42 Å². The highest BCUT2D eigenvalue weighted by Crippen LogP contribution is 2.33. The standard InChI is InChI=1S/C15H25NO2/c1-2-3-10-15(18)16-11-5-4-8-13(16)12-7-6-9-14(12)17/h12-13H,2-11H2,1H3. The van der Waals surface area contributed by atoms with Crippen molar-refractivity contribution in [3.63, 3.8) is 0 Å². The molecule has 18 heavy (non-hydrogen) atoms. The average Bonchev–Trinajstić information content (AvgIpc) is 2.82. The minimum Gasteiger partial charge on any atom is -0.339 e. The Kier molecular flexibility index (Phi) is 4.79. The van der Waals surface area contributed by atoms with Crippen LogP contribution >= 0.6 is 0 Å². The molecule has 1 amide bonds. The second-order valence-electron chi connectivity index (χ2n) is 5.72. The molecule has 0 aromatic heterocycles. The molecule has 1 aliphatic heterocycles. The summed E-state index contributed by atoms with van der Waals surface area (Å²) in [5, 5.41) is 0. The SMILES string of the molecule is CCCCC(=O)N1CCCCC1C1CCCC1=O. The number of Topliss-reactive ketones (excluding diaryl/α,β-unsaturated/α-hetero) is 1. The molecule has 1 saturated carbocycles. The minimum atomic E-state index is 0.149. The third kappa shape index (κ3) is 2.93. The van der Waals surface area contributed by atoms with E-state index in [9.17, 15) is 9.59 Å². The molecule has 1 heterocycles. The summed E-state index contributed by atoms with van der Waals surface area (Å²) < 4.78 is 0. The molecule has 0 aromatic carbocycles.